The van der Waals surface area contributed by atoms with E-state index < -0.39 is 5.56 Å². The molecule has 0 aromatic carbocycles. The smallest absolute Gasteiger partial charge is 0.267 e. The number of rotatable bonds is 0. The first kappa shape index (κ1) is 11.4. The van der Waals surface area contributed by atoms with Gasteiger partial charge in [-0.05, 0) is 31.2 Å². The van der Waals surface area contributed by atoms with E-state index >= 15 is 0 Å². The third-order valence-electron chi connectivity index (χ3n) is 3.23. The first-order valence-corrected chi connectivity index (χ1v) is 5.86. The second kappa shape index (κ2) is 4.84. The number of hydrogen-bond acceptors (Lipinski definition) is 3. The largest absolute Gasteiger partial charge is 0.325 e. The molecule has 0 spiro atoms. The van der Waals surface area contributed by atoms with E-state index in [9.17, 15) is 4.79 Å². The Hall–Kier alpha value is -2.07. The monoisotopic (exact) mass is 227 g/mol. The van der Waals surface area contributed by atoms with Crippen LogP contribution in [0.5, 0.6) is 0 Å². The van der Waals surface area contributed by atoms with Crippen LogP contribution in [0.25, 0.3) is 0 Å². The van der Waals surface area contributed by atoms with Crippen molar-refractivity contribution in [2.45, 2.75) is 38.5 Å². The number of aryl methyl sites for hydroxylation is 1. The molecule has 1 aromatic rings. The number of aromatic amines is 1. The van der Waals surface area contributed by atoms with Crippen LogP contribution in [0.1, 0.15) is 48.1 Å². The third-order valence-corrected chi connectivity index (χ3v) is 3.23. The van der Waals surface area contributed by atoms with Gasteiger partial charge >= 0.3 is 0 Å². The van der Waals surface area contributed by atoms with Crippen molar-refractivity contribution in [3.63, 3.8) is 0 Å². The van der Waals surface area contributed by atoms with Crippen LogP contribution in [-0.4, -0.2) is 4.98 Å². The molecule has 1 aliphatic carbocycles. The van der Waals surface area contributed by atoms with Crippen molar-refractivity contribution in [2.24, 2.45) is 0 Å². The molecule has 2 rings (SSSR count). The fourth-order valence-corrected chi connectivity index (χ4v) is 2.37. The van der Waals surface area contributed by atoms with Gasteiger partial charge in [0.1, 0.15) is 17.7 Å². The molecular formula is C13H13N3O. The summed E-state index contributed by atoms with van der Waals surface area (Å²) in [4.78, 5) is 14.4. The Labute approximate surface area is 99.5 Å². The minimum Gasteiger partial charge on any atom is -0.325 e. The lowest BCUT2D eigenvalue weighted by atomic mass is 9.92. The Morgan fingerprint density at radius 2 is 1.59 bits per heavy atom. The van der Waals surface area contributed by atoms with Crippen molar-refractivity contribution >= 4 is 0 Å². The maximum atomic E-state index is 11.7. The molecule has 0 aliphatic heterocycles. The number of fused-ring (bicyclic) bond motifs is 1. The average molecular weight is 227 g/mol. The molecule has 4 heteroatoms. The van der Waals surface area contributed by atoms with Crippen molar-refractivity contribution < 1.29 is 0 Å². The van der Waals surface area contributed by atoms with E-state index in [0.717, 1.165) is 49.8 Å². The lowest BCUT2D eigenvalue weighted by molar-refractivity contribution is 0.606. The topological polar surface area (TPSA) is 80.4 Å². The summed E-state index contributed by atoms with van der Waals surface area (Å²) in [5.74, 6) is 0. The molecule has 1 aliphatic rings. The molecule has 0 amide bonds. The number of H-pyrrole nitrogens is 1. The molecule has 1 aromatic heterocycles. The van der Waals surface area contributed by atoms with Crippen LogP contribution in [0, 0.1) is 22.7 Å². The molecule has 0 fully saturated rings. The fraction of sp³-hybridized carbons (Fsp3) is 0.462. The molecule has 1 heterocycles. The second-order valence-electron chi connectivity index (χ2n) is 4.30. The number of nitrogens with zero attached hydrogens (tertiary/aromatic N) is 2. The van der Waals surface area contributed by atoms with Crippen LogP contribution < -0.4 is 5.56 Å². The normalized spacial score (nSPS) is 14.9. The quantitative estimate of drug-likeness (QED) is 0.733. The Kier molecular flexibility index (Phi) is 3.25. The van der Waals surface area contributed by atoms with E-state index in [-0.39, 0.29) is 11.1 Å². The molecule has 0 saturated carbocycles. The Morgan fingerprint density at radius 1 is 0.941 bits per heavy atom. The molecule has 1 N–H and O–H groups in total. The van der Waals surface area contributed by atoms with Gasteiger partial charge in [-0.1, -0.05) is 12.8 Å². The molecular weight excluding hydrogens is 214 g/mol. The summed E-state index contributed by atoms with van der Waals surface area (Å²) in [7, 11) is 0. The van der Waals surface area contributed by atoms with Gasteiger partial charge in [-0.25, -0.2) is 0 Å². The van der Waals surface area contributed by atoms with E-state index in [1.54, 1.807) is 0 Å². The van der Waals surface area contributed by atoms with Gasteiger partial charge in [-0.2, -0.15) is 10.5 Å². The van der Waals surface area contributed by atoms with Gasteiger partial charge in [0.2, 0.25) is 0 Å². The maximum Gasteiger partial charge on any atom is 0.267 e. The van der Waals surface area contributed by atoms with Crippen molar-refractivity contribution in [3.8, 4) is 12.1 Å². The highest BCUT2D eigenvalue weighted by atomic mass is 16.1. The maximum absolute atomic E-state index is 11.7. The zero-order valence-corrected chi connectivity index (χ0v) is 9.55. The Balaban J connectivity index is 2.66. The SMILES string of the molecule is N#Cc1c2c([nH]c(=O)c1C#N)CCCCCC2. The summed E-state index contributed by atoms with van der Waals surface area (Å²) in [5, 5.41) is 18.1. The molecule has 0 bridgehead atoms. The summed E-state index contributed by atoms with van der Waals surface area (Å²) < 4.78 is 0. The number of pyridine rings is 1. The second-order valence-corrected chi connectivity index (χ2v) is 4.30. The van der Waals surface area contributed by atoms with Gasteiger partial charge in [0, 0.05) is 5.69 Å². The number of nitrogens with one attached hydrogen (secondary N) is 1. The zero-order chi connectivity index (χ0) is 12.3. The molecule has 0 saturated heterocycles. The first-order chi connectivity index (χ1) is 8.27. The lowest BCUT2D eigenvalue weighted by Crippen LogP contribution is -2.19. The van der Waals surface area contributed by atoms with Gasteiger partial charge in [-0.3, -0.25) is 4.79 Å². The van der Waals surface area contributed by atoms with Gasteiger partial charge in [0.15, 0.2) is 0 Å². The molecule has 17 heavy (non-hydrogen) atoms. The van der Waals surface area contributed by atoms with E-state index in [1.165, 1.54) is 0 Å². The van der Waals surface area contributed by atoms with Crippen LogP contribution in [0.15, 0.2) is 4.79 Å². The van der Waals surface area contributed by atoms with E-state index in [0.29, 0.717) is 0 Å². The number of nitriles is 2. The van der Waals surface area contributed by atoms with E-state index in [1.807, 2.05) is 12.1 Å². The molecule has 0 radical (unpaired) electrons. The summed E-state index contributed by atoms with van der Waals surface area (Å²) >= 11 is 0. The third kappa shape index (κ3) is 2.07. The molecule has 0 unspecified atom stereocenters. The van der Waals surface area contributed by atoms with Crippen LogP contribution in [0.2, 0.25) is 0 Å². The first-order valence-electron chi connectivity index (χ1n) is 5.86. The Morgan fingerprint density at radius 3 is 2.24 bits per heavy atom. The highest BCUT2D eigenvalue weighted by Gasteiger charge is 2.18. The average Bonchev–Trinajstić information content (AvgIpc) is 2.30. The summed E-state index contributed by atoms with van der Waals surface area (Å²) in [6, 6.07) is 3.86. The predicted molar refractivity (Wildman–Crippen MR) is 62.4 cm³/mol. The van der Waals surface area contributed by atoms with Gasteiger partial charge < -0.3 is 4.98 Å². The molecule has 4 nitrogen and oxygen atoms in total. The lowest BCUT2D eigenvalue weighted by Gasteiger charge is -2.15. The van der Waals surface area contributed by atoms with Crippen molar-refractivity contribution in [3.05, 3.63) is 32.7 Å². The molecule has 0 atom stereocenters. The summed E-state index contributed by atoms with van der Waals surface area (Å²) in [6.07, 6.45) is 5.92. The number of hydrogen-bond donors (Lipinski definition) is 1. The highest BCUT2D eigenvalue weighted by Crippen LogP contribution is 2.21. The van der Waals surface area contributed by atoms with Gasteiger partial charge in [0.25, 0.3) is 5.56 Å². The van der Waals surface area contributed by atoms with Crippen LogP contribution in [-0.2, 0) is 12.8 Å². The summed E-state index contributed by atoms with van der Waals surface area (Å²) in [5.41, 5.74) is 1.55. The Bertz CT molecular complexity index is 572. The van der Waals surface area contributed by atoms with Crippen LogP contribution in [0.3, 0.4) is 0 Å². The van der Waals surface area contributed by atoms with Gasteiger partial charge in [-0.15, -0.1) is 0 Å². The highest BCUT2D eigenvalue weighted by molar-refractivity contribution is 5.51. The van der Waals surface area contributed by atoms with Crippen molar-refractivity contribution in [1.29, 1.82) is 10.5 Å². The fourth-order valence-electron chi connectivity index (χ4n) is 2.37. The van der Waals surface area contributed by atoms with Gasteiger partial charge in [0.05, 0.1) is 5.56 Å². The standard InChI is InChI=1S/C13H13N3O/c14-7-10-9-5-3-1-2-4-6-12(9)16-13(17)11(10)8-15/h1-6H2,(H,16,17). The summed E-state index contributed by atoms with van der Waals surface area (Å²) in [6.45, 7) is 0. The van der Waals surface area contributed by atoms with Crippen molar-refractivity contribution in [2.75, 3.05) is 0 Å². The van der Waals surface area contributed by atoms with E-state index in [2.05, 4.69) is 4.98 Å². The van der Waals surface area contributed by atoms with E-state index in [4.69, 9.17) is 10.5 Å². The van der Waals surface area contributed by atoms with Crippen LogP contribution in [0.4, 0.5) is 0 Å². The van der Waals surface area contributed by atoms with Crippen molar-refractivity contribution in [1.82, 2.24) is 4.98 Å². The minimum absolute atomic E-state index is 0.0353. The predicted octanol–water partition coefficient (Wildman–Crippen LogP) is 1.78. The molecule has 86 valence electrons. The minimum atomic E-state index is -0.427. The zero-order valence-electron chi connectivity index (χ0n) is 9.55. The number of aromatic nitrogens is 1. The van der Waals surface area contributed by atoms with Crippen LogP contribution >= 0.6 is 0 Å².